The van der Waals surface area contributed by atoms with Gasteiger partial charge in [-0.15, -0.1) is 0 Å². The summed E-state index contributed by atoms with van der Waals surface area (Å²) in [4.78, 5) is 31.1. The Bertz CT molecular complexity index is 1010. The summed E-state index contributed by atoms with van der Waals surface area (Å²) in [7, 11) is 0. The second-order valence-electron chi connectivity index (χ2n) is 8.26. The summed E-state index contributed by atoms with van der Waals surface area (Å²) in [6.07, 6.45) is -0.689. The average molecular weight is 449 g/mol. The van der Waals surface area contributed by atoms with Crippen LogP contribution in [0.3, 0.4) is 0 Å². The molecule has 2 fully saturated rings. The van der Waals surface area contributed by atoms with Crippen LogP contribution >= 0.6 is 0 Å². The number of hydrogen-bond donors (Lipinski definition) is 0. The van der Waals surface area contributed by atoms with E-state index in [0.29, 0.717) is 44.0 Å². The van der Waals surface area contributed by atoms with Crippen LogP contribution in [0.5, 0.6) is 0 Å². The normalized spacial score (nSPS) is 21.5. The highest BCUT2D eigenvalue weighted by molar-refractivity contribution is 5.89. The summed E-state index contributed by atoms with van der Waals surface area (Å²) < 4.78 is 11.0. The number of carbonyl (C=O) groups excluding carboxylic acids is 2. The first-order valence-electron chi connectivity index (χ1n) is 11.2. The van der Waals surface area contributed by atoms with E-state index in [-0.39, 0.29) is 18.1 Å². The summed E-state index contributed by atoms with van der Waals surface area (Å²) in [5, 5.41) is 8.97. The molecule has 2 aliphatic rings. The van der Waals surface area contributed by atoms with Crippen LogP contribution < -0.4 is 4.90 Å². The fraction of sp³-hybridized carbons (Fsp3) is 0.400. The number of nitriles is 1. The smallest absolute Gasteiger partial charge is 0.414 e. The maximum absolute atomic E-state index is 12.7. The maximum Gasteiger partial charge on any atom is 0.414 e. The van der Waals surface area contributed by atoms with E-state index in [2.05, 4.69) is 28.0 Å². The predicted molar refractivity (Wildman–Crippen MR) is 122 cm³/mol. The lowest BCUT2D eigenvalue weighted by Gasteiger charge is -2.40. The quantitative estimate of drug-likeness (QED) is 0.602. The Morgan fingerprint density at radius 3 is 2.58 bits per heavy atom. The molecular weight excluding hydrogens is 420 g/mol. The lowest BCUT2D eigenvalue weighted by Crippen LogP contribution is -2.57. The fourth-order valence-corrected chi connectivity index (χ4v) is 4.34. The Kier molecular flexibility index (Phi) is 7.23. The zero-order valence-corrected chi connectivity index (χ0v) is 18.7. The van der Waals surface area contributed by atoms with Crippen molar-refractivity contribution in [1.82, 2.24) is 9.80 Å². The first-order valence-corrected chi connectivity index (χ1v) is 11.2. The minimum Gasteiger partial charge on any atom is -0.465 e. The van der Waals surface area contributed by atoms with Crippen molar-refractivity contribution in [2.24, 2.45) is 0 Å². The Balaban J connectivity index is 1.38. The van der Waals surface area contributed by atoms with Gasteiger partial charge in [0.05, 0.1) is 24.8 Å². The molecule has 8 heteroatoms. The van der Waals surface area contributed by atoms with E-state index in [1.165, 1.54) is 0 Å². The Labute approximate surface area is 193 Å². The molecule has 2 aromatic rings. The maximum atomic E-state index is 12.7. The molecule has 2 aliphatic heterocycles. The Hall–Kier alpha value is -3.41. The highest BCUT2D eigenvalue weighted by Crippen LogP contribution is 2.23. The first kappa shape index (κ1) is 22.8. The number of piperazine rings is 1. The number of amides is 1. The molecule has 0 aliphatic carbocycles. The molecule has 33 heavy (non-hydrogen) atoms. The number of nitrogens with zero attached hydrogens (tertiary/aromatic N) is 4. The van der Waals surface area contributed by atoms with Crippen molar-refractivity contribution in [2.75, 3.05) is 44.2 Å². The average Bonchev–Trinajstić information content (AvgIpc) is 3.20. The molecule has 2 atom stereocenters. The van der Waals surface area contributed by atoms with Gasteiger partial charge in [0.25, 0.3) is 0 Å². The minimum atomic E-state index is -0.394. The number of ether oxygens (including phenoxy) is 2. The molecule has 2 unspecified atom stereocenters. The number of anilines is 1. The standard InChI is InChI=1S/C25H28N4O4/c1-2-32-24(30)23-18-27(12-13-28(23)15-20-6-4-3-5-7-20)16-22-17-29(25(31)33-22)21-10-8-19(14-26)9-11-21/h3-11,22-23H,2,12-13,15-18H2,1H3. The van der Waals surface area contributed by atoms with Crippen LogP contribution in [0, 0.1) is 11.3 Å². The molecule has 4 rings (SSSR count). The van der Waals surface area contributed by atoms with Crippen LogP contribution in [0.15, 0.2) is 54.6 Å². The lowest BCUT2D eigenvalue weighted by atomic mass is 10.1. The molecule has 0 bridgehead atoms. The number of benzene rings is 2. The van der Waals surface area contributed by atoms with Gasteiger partial charge in [-0.25, -0.2) is 4.79 Å². The van der Waals surface area contributed by atoms with Crippen LogP contribution in [0.25, 0.3) is 0 Å². The molecule has 0 aromatic heterocycles. The van der Waals surface area contributed by atoms with E-state index in [4.69, 9.17) is 14.7 Å². The summed E-state index contributed by atoms with van der Waals surface area (Å²) in [6.45, 7) is 5.84. The topological polar surface area (TPSA) is 86.1 Å². The van der Waals surface area contributed by atoms with Gasteiger partial charge in [-0.3, -0.25) is 19.5 Å². The van der Waals surface area contributed by atoms with Crippen molar-refractivity contribution in [1.29, 1.82) is 5.26 Å². The first-order chi connectivity index (χ1) is 16.1. The number of rotatable bonds is 7. The lowest BCUT2D eigenvalue weighted by molar-refractivity contribution is -0.152. The van der Waals surface area contributed by atoms with Crippen molar-refractivity contribution in [3.8, 4) is 6.07 Å². The van der Waals surface area contributed by atoms with Gasteiger partial charge in [-0.2, -0.15) is 5.26 Å². The summed E-state index contributed by atoms with van der Waals surface area (Å²) in [5.74, 6) is -0.222. The molecule has 2 saturated heterocycles. The van der Waals surface area contributed by atoms with Crippen LogP contribution in [0.4, 0.5) is 10.5 Å². The summed E-state index contributed by atoms with van der Waals surface area (Å²) >= 11 is 0. The molecule has 0 radical (unpaired) electrons. The van der Waals surface area contributed by atoms with Crippen LogP contribution in [0.2, 0.25) is 0 Å². The van der Waals surface area contributed by atoms with Crippen LogP contribution in [-0.4, -0.2) is 73.3 Å². The molecular formula is C25H28N4O4. The number of carbonyl (C=O) groups is 2. The molecule has 1 amide bonds. The van der Waals surface area contributed by atoms with Crippen molar-refractivity contribution in [2.45, 2.75) is 25.6 Å². The number of hydrogen-bond acceptors (Lipinski definition) is 7. The van der Waals surface area contributed by atoms with E-state index in [1.54, 1.807) is 29.2 Å². The Morgan fingerprint density at radius 1 is 1.12 bits per heavy atom. The monoisotopic (exact) mass is 448 g/mol. The minimum absolute atomic E-state index is 0.222. The van der Waals surface area contributed by atoms with Crippen LogP contribution in [0.1, 0.15) is 18.1 Å². The number of esters is 1. The van der Waals surface area contributed by atoms with Gasteiger partial charge < -0.3 is 9.47 Å². The fourth-order valence-electron chi connectivity index (χ4n) is 4.34. The van der Waals surface area contributed by atoms with Crippen molar-refractivity contribution < 1.29 is 19.1 Å². The Morgan fingerprint density at radius 2 is 1.88 bits per heavy atom. The van der Waals surface area contributed by atoms with Gasteiger partial charge in [0.1, 0.15) is 12.1 Å². The van der Waals surface area contributed by atoms with Crippen molar-refractivity contribution in [3.05, 3.63) is 65.7 Å². The largest absolute Gasteiger partial charge is 0.465 e. The zero-order valence-electron chi connectivity index (χ0n) is 18.7. The predicted octanol–water partition coefficient (Wildman–Crippen LogP) is 2.63. The van der Waals surface area contributed by atoms with E-state index in [1.807, 2.05) is 25.1 Å². The highest BCUT2D eigenvalue weighted by Gasteiger charge is 2.38. The SMILES string of the molecule is CCOC(=O)C1CN(CC2CN(c3ccc(C#N)cc3)C(=O)O2)CCN1Cc1ccccc1. The van der Waals surface area contributed by atoms with Crippen LogP contribution in [-0.2, 0) is 20.8 Å². The van der Waals surface area contributed by atoms with E-state index in [9.17, 15) is 9.59 Å². The summed E-state index contributed by atoms with van der Waals surface area (Å²) in [5.41, 5.74) is 2.41. The third-order valence-electron chi connectivity index (χ3n) is 6.01. The van der Waals surface area contributed by atoms with E-state index < -0.39 is 6.09 Å². The third kappa shape index (κ3) is 5.51. The summed E-state index contributed by atoms with van der Waals surface area (Å²) in [6, 6.07) is 18.7. The van der Waals surface area contributed by atoms with Gasteiger partial charge in [-0.1, -0.05) is 30.3 Å². The molecule has 0 N–H and O–H groups in total. The van der Waals surface area contributed by atoms with Gasteiger partial charge in [0.15, 0.2) is 0 Å². The van der Waals surface area contributed by atoms with Gasteiger partial charge in [0.2, 0.25) is 0 Å². The molecule has 2 heterocycles. The van der Waals surface area contributed by atoms with Crippen molar-refractivity contribution in [3.63, 3.8) is 0 Å². The van der Waals surface area contributed by atoms with Gasteiger partial charge in [-0.05, 0) is 36.8 Å². The second-order valence-corrected chi connectivity index (χ2v) is 8.26. The third-order valence-corrected chi connectivity index (χ3v) is 6.01. The van der Waals surface area contributed by atoms with Gasteiger partial charge in [0, 0.05) is 38.4 Å². The molecule has 0 spiro atoms. The van der Waals surface area contributed by atoms with Gasteiger partial charge >= 0.3 is 12.1 Å². The van der Waals surface area contributed by atoms with E-state index in [0.717, 1.165) is 18.7 Å². The molecule has 172 valence electrons. The molecule has 2 aromatic carbocycles. The zero-order chi connectivity index (χ0) is 23.2. The van der Waals surface area contributed by atoms with E-state index >= 15 is 0 Å². The number of cyclic esters (lactones) is 1. The molecule has 0 saturated carbocycles. The second kappa shape index (κ2) is 10.5. The van der Waals surface area contributed by atoms with Crippen molar-refractivity contribution >= 4 is 17.7 Å². The molecule has 8 nitrogen and oxygen atoms in total. The highest BCUT2D eigenvalue weighted by atomic mass is 16.6.